The fraction of sp³-hybridized carbons (Fsp3) is 0.320. The van der Waals surface area contributed by atoms with Gasteiger partial charge in [-0.2, -0.15) is 10.4 Å². The number of H-pyrrole nitrogens is 1. The van der Waals surface area contributed by atoms with Crippen LogP contribution >= 0.6 is 0 Å². The molecule has 3 aromatic rings. The first kappa shape index (κ1) is 22.9. The van der Waals surface area contributed by atoms with Gasteiger partial charge in [0.05, 0.1) is 24.4 Å². The summed E-state index contributed by atoms with van der Waals surface area (Å²) < 4.78 is 10.8. The Labute approximate surface area is 188 Å². The van der Waals surface area contributed by atoms with Gasteiger partial charge in [0.2, 0.25) is 0 Å². The lowest BCUT2D eigenvalue weighted by Gasteiger charge is -2.18. The van der Waals surface area contributed by atoms with Gasteiger partial charge in [0, 0.05) is 30.9 Å². The van der Waals surface area contributed by atoms with E-state index in [0.717, 1.165) is 42.6 Å². The maximum atomic E-state index is 12.4. The number of aryl methyl sites for hydroxylation is 1. The van der Waals surface area contributed by atoms with Crippen LogP contribution in [0.15, 0.2) is 54.6 Å². The van der Waals surface area contributed by atoms with Gasteiger partial charge in [-0.1, -0.05) is 36.8 Å². The summed E-state index contributed by atoms with van der Waals surface area (Å²) in [5.41, 5.74) is 3.67. The number of carbonyl (C=O) groups is 1. The molecule has 1 amide bonds. The third-order valence-corrected chi connectivity index (χ3v) is 5.21. The topological polar surface area (TPSA) is 91.2 Å². The molecule has 0 atom stereocenters. The lowest BCUT2D eigenvalue weighted by molar-refractivity contribution is -0.132. The Morgan fingerprint density at radius 3 is 2.66 bits per heavy atom. The number of aromatic amines is 1. The molecule has 1 N–H and O–H groups in total. The van der Waals surface area contributed by atoms with Crippen LogP contribution in [0, 0.1) is 11.3 Å². The number of ether oxygens (including phenoxy) is 2. The Morgan fingerprint density at radius 2 is 1.91 bits per heavy atom. The summed E-state index contributed by atoms with van der Waals surface area (Å²) in [4.78, 5) is 14.0. The number of hydrogen-bond acceptors (Lipinski definition) is 5. The molecule has 0 spiro atoms. The number of hydrogen-bond donors (Lipinski definition) is 1. The van der Waals surface area contributed by atoms with Crippen LogP contribution in [0.4, 0.5) is 0 Å². The van der Waals surface area contributed by atoms with Crippen molar-refractivity contribution in [2.75, 3.05) is 27.3 Å². The fourth-order valence-corrected chi connectivity index (χ4v) is 3.32. The summed E-state index contributed by atoms with van der Waals surface area (Å²) in [6, 6.07) is 19.1. The first-order chi connectivity index (χ1) is 15.6. The molecule has 0 unspecified atom stereocenters. The van der Waals surface area contributed by atoms with Crippen LogP contribution in [0.1, 0.15) is 30.5 Å². The van der Waals surface area contributed by atoms with Crippen molar-refractivity contribution < 1.29 is 14.3 Å². The second-order valence-corrected chi connectivity index (χ2v) is 7.54. The van der Waals surface area contributed by atoms with E-state index >= 15 is 0 Å². The summed E-state index contributed by atoms with van der Waals surface area (Å²) in [5, 5.41) is 16.5. The van der Waals surface area contributed by atoms with Crippen molar-refractivity contribution in [2.24, 2.45) is 0 Å². The highest BCUT2D eigenvalue weighted by Crippen LogP contribution is 2.27. The molecule has 166 valence electrons. The SMILES string of the molecule is COc1cc(C#N)ccc1OCC(=O)N(C)CCCCCc1cc(-c2ccccc2)n[nH]1. The monoisotopic (exact) mass is 432 g/mol. The highest BCUT2D eigenvalue weighted by molar-refractivity contribution is 5.77. The van der Waals surface area contributed by atoms with Crippen LogP contribution in [-0.2, 0) is 11.2 Å². The molecule has 0 bridgehead atoms. The number of amides is 1. The Morgan fingerprint density at radius 1 is 1.09 bits per heavy atom. The minimum Gasteiger partial charge on any atom is -0.493 e. The summed E-state index contributed by atoms with van der Waals surface area (Å²) in [7, 11) is 3.28. The van der Waals surface area contributed by atoms with Crippen molar-refractivity contribution in [2.45, 2.75) is 25.7 Å². The van der Waals surface area contributed by atoms with Crippen LogP contribution in [-0.4, -0.2) is 48.3 Å². The molecule has 0 radical (unpaired) electrons. The van der Waals surface area contributed by atoms with Gasteiger partial charge in [-0.05, 0) is 37.5 Å². The van der Waals surface area contributed by atoms with Gasteiger partial charge in [-0.25, -0.2) is 0 Å². The number of aromatic nitrogens is 2. The zero-order valence-electron chi connectivity index (χ0n) is 18.5. The van der Waals surface area contributed by atoms with Crippen LogP contribution in [0.5, 0.6) is 11.5 Å². The average molecular weight is 433 g/mol. The normalized spacial score (nSPS) is 10.4. The smallest absolute Gasteiger partial charge is 0.260 e. The third kappa shape index (κ3) is 6.35. The van der Waals surface area contributed by atoms with E-state index < -0.39 is 0 Å². The molecule has 0 saturated heterocycles. The predicted octanol–water partition coefficient (Wildman–Crippen LogP) is 4.21. The van der Waals surface area contributed by atoms with Crippen molar-refractivity contribution >= 4 is 5.91 Å². The second kappa shape index (κ2) is 11.6. The molecule has 0 aliphatic rings. The average Bonchev–Trinajstić information content (AvgIpc) is 3.31. The van der Waals surface area contributed by atoms with E-state index in [-0.39, 0.29) is 12.5 Å². The van der Waals surface area contributed by atoms with Gasteiger partial charge in [-0.3, -0.25) is 9.89 Å². The summed E-state index contributed by atoms with van der Waals surface area (Å²) >= 11 is 0. The maximum absolute atomic E-state index is 12.4. The van der Waals surface area contributed by atoms with Crippen LogP contribution < -0.4 is 9.47 Å². The van der Waals surface area contributed by atoms with Crippen molar-refractivity contribution in [1.82, 2.24) is 15.1 Å². The number of unbranched alkanes of at least 4 members (excludes halogenated alkanes) is 2. The quantitative estimate of drug-likeness (QED) is 0.459. The predicted molar refractivity (Wildman–Crippen MR) is 122 cm³/mol. The molecule has 0 aliphatic heterocycles. The second-order valence-electron chi connectivity index (χ2n) is 7.54. The van der Waals surface area contributed by atoms with Crippen molar-refractivity contribution in [3.05, 3.63) is 65.9 Å². The van der Waals surface area contributed by atoms with E-state index in [4.69, 9.17) is 14.7 Å². The number of nitrogens with zero attached hydrogens (tertiary/aromatic N) is 3. The number of nitriles is 1. The Hall–Kier alpha value is -3.79. The highest BCUT2D eigenvalue weighted by Gasteiger charge is 2.12. The number of carbonyl (C=O) groups excluding carboxylic acids is 1. The number of rotatable bonds is 11. The van der Waals surface area contributed by atoms with Gasteiger partial charge in [0.1, 0.15) is 0 Å². The molecule has 1 heterocycles. The standard InChI is InChI=1S/C25H28N4O3/c1-29(25(30)18-32-23-13-12-19(17-26)15-24(23)31-2)14-8-4-7-11-21-16-22(28-27-21)20-9-5-3-6-10-20/h3,5-6,9-10,12-13,15-16H,4,7-8,11,14,18H2,1-2H3,(H,27,28). The van der Waals surface area contributed by atoms with Gasteiger partial charge in [0.25, 0.3) is 5.91 Å². The first-order valence-electron chi connectivity index (χ1n) is 10.7. The summed E-state index contributed by atoms with van der Waals surface area (Å²) in [5.74, 6) is 0.786. The van der Waals surface area contributed by atoms with E-state index in [1.165, 1.54) is 7.11 Å². The van der Waals surface area contributed by atoms with Gasteiger partial charge in [-0.15, -0.1) is 0 Å². The molecule has 0 saturated carbocycles. The molecule has 7 heteroatoms. The van der Waals surface area contributed by atoms with E-state index in [2.05, 4.69) is 16.3 Å². The minimum absolute atomic E-state index is 0.0742. The summed E-state index contributed by atoms with van der Waals surface area (Å²) in [6.07, 6.45) is 3.89. The Kier molecular flexibility index (Phi) is 8.27. The Balaban J connectivity index is 1.35. The molecule has 0 fully saturated rings. The van der Waals surface area contributed by atoms with Crippen molar-refractivity contribution in [3.8, 4) is 28.8 Å². The molecule has 32 heavy (non-hydrogen) atoms. The van der Waals surface area contributed by atoms with Gasteiger partial charge >= 0.3 is 0 Å². The lowest BCUT2D eigenvalue weighted by atomic mass is 10.1. The first-order valence-corrected chi connectivity index (χ1v) is 10.7. The number of likely N-dealkylation sites (N-methyl/N-ethyl adjacent to an activating group) is 1. The van der Waals surface area contributed by atoms with E-state index in [9.17, 15) is 4.79 Å². The number of benzene rings is 2. The molecular weight excluding hydrogens is 404 g/mol. The van der Waals surface area contributed by atoms with Crippen molar-refractivity contribution in [1.29, 1.82) is 5.26 Å². The maximum Gasteiger partial charge on any atom is 0.260 e. The lowest BCUT2D eigenvalue weighted by Crippen LogP contribution is -2.32. The van der Waals surface area contributed by atoms with E-state index in [1.807, 2.05) is 36.4 Å². The van der Waals surface area contributed by atoms with E-state index in [1.54, 1.807) is 30.1 Å². The Bertz CT molecular complexity index is 1060. The van der Waals surface area contributed by atoms with Crippen molar-refractivity contribution in [3.63, 3.8) is 0 Å². The van der Waals surface area contributed by atoms with Gasteiger partial charge in [0.15, 0.2) is 18.1 Å². The molecule has 2 aromatic carbocycles. The van der Waals surface area contributed by atoms with Crippen LogP contribution in [0.2, 0.25) is 0 Å². The highest BCUT2D eigenvalue weighted by atomic mass is 16.5. The minimum atomic E-state index is -0.0996. The molecule has 0 aliphatic carbocycles. The van der Waals surface area contributed by atoms with Crippen LogP contribution in [0.25, 0.3) is 11.3 Å². The molecule has 1 aromatic heterocycles. The summed E-state index contributed by atoms with van der Waals surface area (Å²) in [6.45, 7) is 0.597. The molecular formula is C25H28N4O3. The number of nitrogens with one attached hydrogen (secondary N) is 1. The zero-order valence-corrected chi connectivity index (χ0v) is 18.5. The van der Waals surface area contributed by atoms with E-state index in [0.29, 0.717) is 23.6 Å². The largest absolute Gasteiger partial charge is 0.493 e. The third-order valence-electron chi connectivity index (χ3n) is 5.21. The molecule has 7 nitrogen and oxygen atoms in total. The zero-order chi connectivity index (χ0) is 22.8. The van der Waals surface area contributed by atoms with Crippen LogP contribution in [0.3, 0.4) is 0 Å². The number of methoxy groups -OCH3 is 1. The fourth-order valence-electron chi connectivity index (χ4n) is 3.32. The van der Waals surface area contributed by atoms with Gasteiger partial charge < -0.3 is 14.4 Å². The molecule has 3 rings (SSSR count).